The normalized spacial score (nSPS) is 21.9. The second kappa shape index (κ2) is 7.64. The summed E-state index contributed by atoms with van der Waals surface area (Å²) in [5.74, 6) is 2.17. The molecule has 0 saturated heterocycles. The van der Waals surface area contributed by atoms with Gasteiger partial charge in [-0.1, -0.05) is 24.9 Å². The summed E-state index contributed by atoms with van der Waals surface area (Å²) >= 11 is 6.12. The van der Waals surface area contributed by atoms with Crippen LogP contribution in [0.15, 0.2) is 6.20 Å². The number of anilines is 2. The number of hydrogen-bond acceptors (Lipinski definition) is 5. The van der Waals surface area contributed by atoms with Crippen molar-refractivity contribution in [3.05, 3.63) is 11.2 Å². The van der Waals surface area contributed by atoms with Crippen LogP contribution in [0.5, 0.6) is 0 Å². The predicted octanol–water partition coefficient (Wildman–Crippen LogP) is 2.77. The Morgan fingerprint density at radius 2 is 2.15 bits per heavy atom. The third-order valence-corrected chi connectivity index (χ3v) is 4.14. The van der Waals surface area contributed by atoms with E-state index < -0.39 is 0 Å². The Morgan fingerprint density at radius 3 is 2.90 bits per heavy atom. The summed E-state index contributed by atoms with van der Waals surface area (Å²) in [5.41, 5.74) is 0. The zero-order valence-electron chi connectivity index (χ0n) is 11.9. The van der Waals surface area contributed by atoms with Gasteiger partial charge in [-0.3, -0.25) is 0 Å². The van der Waals surface area contributed by atoms with Crippen LogP contribution in [0.25, 0.3) is 0 Å². The zero-order chi connectivity index (χ0) is 14.4. The largest absolute Gasteiger partial charge is 0.396 e. The summed E-state index contributed by atoms with van der Waals surface area (Å²) in [4.78, 5) is 8.55. The SMILES string of the molecule is CCCNc1ncc(Cl)c(NCC2CCCC2CO)n1. The van der Waals surface area contributed by atoms with Gasteiger partial charge in [-0.05, 0) is 31.1 Å². The Bertz CT molecular complexity index is 430. The van der Waals surface area contributed by atoms with Crippen LogP contribution < -0.4 is 10.6 Å². The first kappa shape index (κ1) is 15.3. The fraction of sp³-hybridized carbons (Fsp3) is 0.714. The van der Waals surface area contributed by atoms with E-state index in [2.05, 4.69) is 27.5 Å². The molecule has 2 unspecified atom stereocenters. The van der Waals surface area contributed by atoms with Gasteiger partial charge >= 0.3 is 0 Å². The van der Waals surface area contributed by atoms with Gasteiger partial charge in [0.05, 0.1) is 6.20 Å². The van der Waals surface area contributed by atoms with Crippen molar-refractivity contribution in [2.24, 2.45) is 11.8 Å². The lowest BCUT2D eigenvalue weighted by Gasteiger charge is -2.18. The second-order valence-electron chi connectivity index (χ2n) is 5.33. The Hall–Kier alpha value is -1.07. The van der Waals surface area contributed by atoms with Crippen molar-refractivity contribution < 1.29 is 5.11 Å². The van der Waals surface area contributed by atoms with E-state index in [-0.39, 0.29) is 6.61 Å². The minimum atomic E-state index is 0.271. The van der Waals surface area contributed by atoms with Crippen LogP contribution in [-0.2, 0) is 0 Å². The van der Waals surface area contributed by atoms with Crippen LogP contribution in [0.3, 0.4) is 0 Å². The van der Waals surface area contributed by atoms with Crippen molar-refractivity contribution in [1.29, 1.82) is 0 Å². The Kier molecular flexibility index (Phi) is 5.86. The molecule has 6 heteroatoms. The third kappa shape index (κ3) is 3.96. The van der Waals surface area contributed by atoms with Crippen molar-refractivity contribution in [2.75, 3.05) is 30.3 Å². The number of aliphatic hydroxyl groups is 1. The average Bonchev–Trinajstić information content (AvgIpc) is 2.92. The highest BCUT2D eigenvalue weighted by Gasteiger charge is 2.26. The van der Waals surface area contributed by atoms with Gasteiger partial charge < -0.3 is 15.7 Å². The minimum Gasteiger partial charge on any atom is -0.396 e. The first-order valence-electron chi connectivity index (χ1n) is 7.35. The molecule has 5 nitrogen and oxygen atoms in total. The highest BCUT2D eigenvalue weighted by molar-refractivity contribution is 6.32. The molecule has 0 aromatic carbocycles. The van der Waals surface area contributed by atoms with Gasteiger partial charge in [-0.2, -0.15) is 4.98 Å². The van der Waals surface area contributed by atoms with E-state index in [1.807, 2.05) is 0 Å². The molecule has 0 radical (unpaired) electrons. The van der Waals surface area contributed by atoms with Gasteiger partial charge in [0, 0.05) is 19.7 Å². The topological polar surface area (TPSA) is 70.1 Å². The lowest BCUT2D eigenvalue weighted by molar-refractivity contribution is 0.199. The number of nitrogens with one attached hydrogen (secondary N) is 2. The fourth-order valence-corrected chi connectivity index (χ4v) is 2.82. The first-order chi connectivity index (χ1) is 9.74. The zero-order valence-corrected chi connectivity index (χ0v) is 12.7. The molecule has 1 aromatic rings. The van der Waals surface area contributed by atoms with Crippen molar-refractivity contribution in [3.8, 4) is 0 Å². The lowest BCUT2D eigenvalue weighted by Crippen LogP contribution is -2.21. The monoisotopic (exact) mass is 298 g/mol. The van der Waals surface area contributed by atoms with Crippen LogP contribution in [-0.4, -0.2) is 34.8 Å². The van der Waals surface area contributed by atoms with Crippen LogP contribution in [0.2, 0.25) is 5.02 Å². The van der Waals surface area contributed by atoms with Crippen LogP contribution in [0, 0.1) is 11.8 Å². The molecular weight excluding hydrogens is 276 g/mol. The van der Waals surface area contributed by atoms with Crippen LogP contribution >= 0.6 is 11.6 Å². The molecule has 1 fully saturated rings. The number of rotatable bonds is 7. The molecule has 1 aliphatic rings. The van der Waals surface area contributed by atoms with Crippen LogP contribution in [0.1, 0.15) is 32.6 Å². The number of halogens is 1. The maximum Gasteiger partial charge on any atom is 0.224 e. The first-order valence-corrected chi connectivity index (χ1v) is 7.73. The van der Waals surface area contributed by atoms with Gasteiger partial charge in [0.2, 0.25) is 5.95 Å². The Labute approximate surface area is 125 Å². The molecule has 112 valence electrons. The van der Waals surface area contributed by atoms with Gasteiger partial charge in [0.15, 0.2) is 0 Å². The van der Waals surface area contributed by atoms with E-state index in [1.54, 1.807) is 6.20 Å². The van der Waals surface area contributed by atoms with E-state index in [1.165, 1.54) is 6.42 Å². The molecule has 0 amide bonds. The molecule has 0 bridgehead atoms. The van der Waals surface area contributed by atoms with E-state index >= 15 is 0 Å². The Morgan fingerprint density at radius 1 is 1.35 bits per heavy atom. The Balaban J connectivity index is 1.94. The second-order valence-corrected chi connectivity index (χ2v) is 5.74. The van der Waals surface area contributed by atoms with Crippen molar-refractivity contribution in [3.63, 3.8) is 0 Å². The van der Waals surface area contributed by atoms with E-state index in [0.29, 0.717) is 28.6 Å². The molecule has 1 aromatic heterocycles. The number of aromatic nitrogens is 2. The summed E-state index contributed by atoms with van der Waals surface area (Å²) in [6, 6.07) is 0. The van der Waals surface area contributed by atoms with E-state index in [0.717, 1.165) is 32.4 Å². The standard InChI is InChI=1S/C14H23ClN4O/c1-2-6-16-14-18-8-12(15)13(19-14)17-7-10-4-3-5-11(10)9-20/h8,10-11,20H,2-7,9H2,1H3,(H2,16,17,18,19). The number of aliphatic hydroxyl groups excluding tert-OH is 1. The van der Waals surface area contributed by atoms with Gasteiger partial charge in [-0.15, -0.1) is 0 Å². The summed E-state index contributed by atoms with van der Waals surface area (Å²) < 4.78 is 0. The maximum atomic E-state index is 9.34. The predicted molar refractivity (Wildman–Crippen MR) is 82.2 cm³/mol. The summed E-state index contributed by atoms with van der Waals surface area (Å²) in [5, 5.41) is 16.3. The highest BCUT2D eigenvalue weighted by atomic mass is 35.5. The molecule has 20 heavy (non-hydrogen) atoms. The highest BCUT2D eigenvalue weighted by Crippen LogP contribution is 2.31. The lowest BCUT2D eigenvalue weighted by atomic mass is 9.97. The fourth-order valence-electron chi connectivity index (χ4n) is 2.66. The summed E-state index contributed by atoms with van der Waals surface area (Å²) in [6.45, 7) is 4.01. The van der Waals surface area contributed by atoms with Crippen molar-refractivity contribution in [1.82, 2.24) is 9.97 Å². The maximum absolute atomic E-state index is 9.34. The van der Waals surface area contributed by atoms with Crippen molar-refractivity contribution >= 4 is 23.4 Å². The summed E-state index contributed by atoms with van der Waals surface area (Å²) in [7, 11) is 0. The van der Waals surface area contributed by atoms with Crippen LogP contribution in [0.4, 0.5) is 11.8 Å². The third-order valence-electron chi connectivity index (χ3n) is 3.86. The quantitative estimate of drug-likeness (QED) is 0.722. The molecule has 1 heterocycles. The minimum absolute atomic E-state index is 0.271. The van der Waals surface area contributed by atoms with Gasteiger partial charge in [0.25, 0.3) is 0 Å². The molecule has 2 atom stereocenters. The molecule has 1 aliphatic carbocycles. The molecular formula is C14H23ClN4O. The average molecular weight is 299 g/mol. The molecule has 2 rings (SSSR count). The molecule has 0 aliphatic heterocycles. The van der Waals surface area contributed by atoms with Gasteiger partial charge in [0.1, 0.15) is 10.8 Å². The molecule has 0 spiro atoms. The van der Waals surface area contributed by atoms with Gasteiger partial charge in [-0.25, -0.2) is 4.98 Å². The molecule has 3 N–H and O–H groups in total. The van der Waals surface area contributed by atoms with E-state index in [4.69, 9.17) is 11.6 Å². The summed E-state index contributed by atoms with van der Waals surface area (Å²) in [6.07, 6.45) is 6.10. The molecule has 1 saturated carbocycles. The van der Waals surface area contributed by atoms with E-state index in [9.17, 15) is 5.11 Å². The smallest absolute Gasteiger partial charge is 0.224 e. The van der Waals surface area contributed by atoms with Crippen molar-refractivity contribution in [2.45, 2.75) is 32.6 Å². The number of hydrogen-bond donors (Lipinski definition) is 3. The number of nitrogens with zero attached hydrogens (tertiary/aromatic N) is 2.